The fourth-order valence-corrected chi connectivity index (χ4v) is 9.78. The number of hydrogen-bond donors (Lipinski definition) is 0. The van der Waals surface area contributed by atoms with Gasteiger partial charge in [0.1, 0.15) is 0 Å². The summed E-state index contributed by atoms with van der Waals surface area (Å²) in [4.78, 5) is 0.208. The normalized spacial score (nSPS) is 25.8. The van der Waals surface area contributed by atoms with Crippen molar-refractivity contribution in [1.29, 1.82) is 0 Å². The van der Waals surface area contributed by atoms with E-state index in [4.69, 9.17) is 0 Å². The highest BCUT2D eigenvalue weighted by atomic mass is 79.9. The molecule has 0 saturated heterocycles. The first kappa shape index (κ1) is 16.5. The van der Waals surface area contributed by atoms with Crippen molar-refractivity contribution in [3.05, 3.63) is 60.7 Å². The second-order valence-corrected chi connectivity index (χ2v) is 12.0. The Morgan fingerprint density at radius 2 is 1.41 bits per heavy atom. The Morgan fingerprint density at radius 3 is 1.86 bits per heavy atom. The molecule has 22 heavy (non-hydrogen) atoms. The third-order valence-electron chi connectivity index (χ3n) is 4.48. The molecule has 4 heteroatoms. The molecular weight excluding hydrogens is 423 g/mol. The lowest BCUT2D eigenvalue weighted by atomic mass is 10.00. The second kappa shape index (κ2) is 6.63. The fraction of sp³-hybridized carbons (Fsp3) is 0.333. The van der Waals surface area contributed by atoms with Crippen LogP contribution in [0.3, 0.4) is 0 Å². The molecule has 0 heterocycles. The summed E-state index contributed by atoms with van der Waals surface area (Å²) in [7, 11) is -2.80. The van der Waals surface area contributed by atoms with Crippen molar-refractivity contribution < 1.29 is 4.57 Å². The van der Waals surface area contributed by atoms with Crippen LogP contribution in [0.2, 0.25) is 0 Å². The zero-order valence-electron chi connectivity index (χ0n) is 12.3. The summed E-state index contributed by atoms with van der Waals surface area (Å²) in [5.41, 5.74) is 0. The van der Waals surface area contributed by atoms with Gasteiger partial charge in [-0.1, -0.05) is 105 Å². The third kappa shape index (κ3) is 2.66. The molecule has 0 aliphatic heterocycles. The minimum Gasteiger partial charge on any atom is -0.312 e. The molecule has 1 aliphatic carbocycles. The maximum Gasteiger partial charge on any atom is 0.160 e. The van der Waals surface area contributed by atoms with Crippen molar-refractivity contribution in [3.8, 4) is 0 Å². The van der Waals surface area contributed by atoms with E-state index in [1.165, 1.54) is 6.42 Å². The number of hydrogen-bond acceptors (Lipinski definition) is 1. The van der Waals surface area contributed by atoms with Crippen LogP contribution in [0.25, 0.3) is 0 Å². The zero-order valence-corrected chi connectivity index (χ0v) is 16.4. The average Bonchev–Trinajstić information content (AvgIpc) is 2.58. The summed E-state index contributed by atoms with van der Waals surface area (Å²) >= 11 is 7.77. The number of alkyl halides is 2. The monoisotopic (exact) mass is 440 g/mol. The van der Waals surface area contributed by atoms with Crippen molar-refractivity contribution in [2.45, 2.75) is 34.6 Å². The van der Waals surface area contributed by atoms with Crippen LogP contribution in [0.15, 0.2) is 60.7 Å². The van der Waals surface area contributed by atoms with E-state index in [1.54, 1.807) is 0 Å². The Labute approximate surface area is 149 Å². The second-order valence-electron chi connectivity index (χ2n) is 5.81. The molecule has 0 aromatic heterocycles. The van der Waals surface area contributed by atoms with Crippen molar-refractivity contribution >= 4 is 49.6 Å². The smallest absolute Gasteiger partial charge is 0.160 e. The van der Waals surface area contributed by atoms with Crippen LogP contribution in [-0.2, 0) is 4.57 Å². The van der Waals surface area contributed by atoms with Crippen LogP contribution in [0.1, 0.15) is 25.7 Å². The van der Waals surface area contributed by atoms with Crippen molar-refractivity contribution in [3.63, 3.8) is 0 Å². The largest absolute Gasteiger partial charge is 0.312 e. The van der Waals surface area contributed by atoms with Gasteiger partial charge >= 0.3 is 0 Å². The van der Waals surface area contributed by atoms with Crippen LogP contribution >= 0.6 is 39.0 Å². The Kier molecular flexibility index (Phi) is 4.97. The molecule has 1 nitrogen and oxygen atoms in total. The number of benzene rings is 2. The summed E-state index contributed by atoms with van der Waals surface area (Å²) in [6.45, 7) is 0. The Hall–Kier alpha value is -0.370. The molecule has 0 amide bonds. The lowest BCUT2D eigenvalue weighted by Crippen LogP contribution is -2.42. The van der Waals surface area contributed by atoms with Crippen molar-refractivity contribution in [1.82, 2.24) is 0 Å². The number of rotatable bonds is 3. The van der Waals surface area contributed by atoms with Crippen molar-refractivity contribution in [2.24, 2.45) is 0 Å². The molecule has 2 aromatic carbocycles. The molecule has 1 fully saturated rings. The van der Waals surface area contributed by atoms with Crippen molar-refractivity contribution in [2.75, 3.05) is 0 Å². The van der Waals surface area contributed by atoms with Gasteiger partial charge in [0.2, 0.25) is 0 Å². The standard InChI is InChI=1S/C18H19Br2OP/c19-17-13-7-8-14-18(17,20)22(21,15-9-3-1-4-10-15)16-11-5-2-6-12-16/h1-6,9-12,17H,7-8,13-14H2. The van der Waals surface area contributed by atoms with E-state index in [0.717, 1.165) is 29.9 Å². The van der Waals surface area contributed by atoms with Crippen LogP contribution < -0.4 is 10.6 Å². The first-order valence-corrected chi connectivity index (χ1v) is 11.0. The Morgan fingerprint density at radius 1 is 0.909 bits per heavy atom. The topological polar surface area (TPSA) is 17.1 Å². The van der Waals surface area contributed by atoms with Crippen LogP contribution in [0, 0.1) is 0 Å². The van der Waals surface area contributed by atoms with E-state index in [1.807, 2.05) is 60.7 Å². The predicted molar refractivity (Wildman–Crippen MR) is 103 cm³/mol. The summed E-state index contributed by atoms with van der Waals surface area (Å²) in [6.07, 6.45) is 4.27. The van der Waals surface area contributed by atoms with Gasteiger partial charge in [-0.3, -0.25) is 0 Å². The highest BCUT2D eigenvalue weighted by molar-refractivity contribution is 9.13. The van der Waals surface area contributed by atoms with Gasteiger partial charge in [0.15, 0.2) is 7.14 Å². The maximum atomic E-state index is 14.4. The fourth-order valence-electron chi connectivity index (χ4n) is 3.28. The maximum absolute atomic E-state index is 14.4. The average molecular weight is 442 g/mol. The zero-order chi connectivity index (χ0) is 15.6. The van der Waals surface area contributed by atoms with E-state index in [2.05, 4.69) is 31.9 Å². The van der Waals surface area contributed by atoms with Gasteiger partial charge < -0.3 is 4.57 Å². The molecule has 1 saturated carbocycles. The summed E-state index contributed by atoms with van der Waals surface area (Å²) in [5, 5.41) is 1.87. The quantitative estimate of drug-likeness (QED) is 0.458. The van der Waals surface area contributed by atoms with Gasteiger partial charge in [-0.2, -0.15) is 0 Å². The van der Waals surface area contributed by atoms with E-state index in [-0.39, 0.29) is 4.83 Å². The van der Waals surface area contributed by atoms with Gasteiger partial charge in [0.25, 0.3) is 0 Å². The van der Waals surface area contributed by atoms with E-state index in [9.17, 15) is 4.57 Å². The van der Waals surface area contributed by atoms with Crippen LogP contribution in [0.4, 0.5) is 0 Å². The molecule has 0 N–H and O–H groups in total. The minimum absolute atomic E-state index is 0.208. The third-order valence-corrected chi connectivity index (χ3v) is 12.8. The van der Waals surface area contributed by atoms with Gasteiger partial charge in [-0.25, -0.2) is 0 Å². The summed E-state index contributed by atoms with van der Waals surface area (Å²) in [6, 6.07) is 19.9. The van der Waals surface area contributed by atoms with Gasteiger partial charge in [0.05, 0.1) is 4.07 Å². The predicted octanol–water partition coefficient (Wildman–Crippen LogP) is 5.43. The highest BCUT2D eigenvalue weighted by Gasteiger charge is 2.53. The minimum atomic E-state index is -2.80. The molecule has 2 aromatic rings. The molecule has 0 radical (unpaired) electrons. The van der Waals surface area contributed by atoms with E-state index >= 15 is 0 Å². The van der Waals surface area contributed by atoms with Gasteiger partial charge in [-0.05, 0) is 12.8 Å². The van der Waals surface area contributed by atoms with E-state index < -0.39 is 11.2 Å². The van der Waals surface area contributed by atoms with Crippen LogP contribution in [-0.4, -0.2) is 8.89 Å². The molecular formula is C18H19Br2OP. The highest BCUT2D eigenvalue weighted by Crippen LogP contribution is 2.66. The van der Waals surface area contributed by atoms with Gasteiger partial charge in [-0.15, -0.1) is 0 Å². The Balaban J connectivity index is 2.22. The molecule has 0 bridgehead atoms. The lowest BCUT2D eigenvalue weighted by molar-refractivity contribution is 0.486. The molecule has 3 rings (SSSR count). The number of halogens is 2. The first-order chi connectivity index (χ1) is 10.6. The molecule has 2 unspecified atom stereocenters. The van der Waals surface area contributed by atoms with Gasteiger partial charge in [0, 0.05) is 15.4 Å². The summed E-state index contributed by atoms with van der Waals surface area (Å²) in [5.74, 6) is 0. The Bertz CT molecular complexity index is 631. The SMILES string of the molecule is O=P(c1ccccc1)(c1ccccc1)C1(Br)CCCCC1Br. The molecule has 0 spiro atoms. The first-order valence-electron chi connectivity index (χ1n) is 7.63. The summed E-state index contributed by atoms with van der Waals surface area (Å²) < 4.78 is 14.0. The van der Waals surface area contributed by atoms with E-state index in [0.29, 0.717) is 0 Å². The molecule has 1 aliphatic rings. The lowest BCUT2D eigenvalue weighted by Gasteiger charge is -2.43. The molecule has 2 atom stereocenters. The van der Waals surface area contributed by atoms with Crippen LogP contribution in [0.5, 0.6) is 0 Å². The molecule has 116 valence electrons.